The van der Waals surface area contributed by atoms with Gasteiger partial charge in [-0.25, -0.2) is 0 Å². The highest BCUT2D eigenvalue weighted by Gasteiger charge is 2.24. The normalized spacial score (nSPS) is 16.1. The monoisotopic (exact) mass is 283 g/mol. The summed E-state index contributed by atoms with van der Waals surface area (Å²) >= 11 is 0. The minimum atomic E-state index is -0.267. The van der Waals surface area contributed by atoms with Gasteiger partial charge in [0.1, 0.15) is 5.78 Å². The van der Waals surface area contributed by atoms with Crippen molar-refractivity contribution in [2.75, 3.05) is 19.7 Å². The molecular formula is C16H29NO3. The number of carbonyl (C=O) groups is 2. The van der Waals surface area contributed by atoms with Crippen molar-refractivity contribution in [3.05, 3.63) is 0 Å². The number of ketones is 1. The van der Waals surface area contributed by atoms with Gasteiger partial charge in [0.15, 0.2) is 0 Å². The largest absolute Gasteiger partial charge is 0.466 e. The Morgan fingerprint density at radius 2 is 1.85 bits per heavy atom. The van der Waals surface area contributed by atoms with E-state index in [4.69, 9.17) is 4.74 Å². The summed E-state index contributed by atoms with van der Waals surface area (Å²) in [7, 11) is 0. The molecule has 0 bridgehead atoms. The van der Waals surface area contributed by atoms with Crippen LogP contribution in [0.1, 0.15) is 59.3 Å². The third-order valence-corrected chi connectivity index (χ3v) is 3.73. The molecular weight excluding hydrogens is 254 g/mol. The van der Waals surface area contributed by atoms with Crippen molar-refractivity contribution in [3.8, 4) is 0 Å². The summed E-state index contributed by atoms with van der Waals surface area (Å²) in [4.78, 5) is 25.7. The second kappa shape index (κ2) is 9.11. The number of Topliss-reactive ketones (excluding diaryl/α,β-unsaturated/α-hetero) is 1. The highest BCUT2D eigenvalue weighted by molar-refractivity contribution is 5.84. The number of esters is 1. The third kappa shape index (κ3) is 6.51. The van der Waals surface area contributed by atoms with E-state index >= 15 is 0 Å². The van der Waals surface area contributed by atoms with Gasteiger partial charge in [0.05, 0.1) is 19.6 Å². The first kappa shape index (κ1) is 17.2. The highest BCUT2D eigenvalue weighted by atomic mass is 16.5. The van der Waals surface area contributed by atoms with Gasteiger partial charge in [0, 0.05) is 19.0 Å². The number of ether oxygens (including phenoxy) is 1. The molecule has 0 amide bonds. The van der Waals surface area contributed by atoms with Crippen LogP contribution >= 0.6 is 0 Å². The SMILES string of the molecule is CCOC(=O)CCC(=O)CN(CC(C)C)C1CCCC1. The lowest BCUT2D eigenvalue weighted by atomic mass is 10.1. The topological polar surface area (TPSA) is 46.6 Å². The minimum Gasteiger partial charge on any atom is -0.466 e. The molecule has 1 aliphatic carbocycles. The summed E-state index contributed by atoms with van der Waals surface area (Å²) in [6, 6.07) is 0.559. The molecule has 0 atom stereocenters. The quantitative estimate of drug-likeness (QED) is 0.610. The maximum atomic E-state index is 12.1. The number of nitrogens with zero attached hydrogens (tertiary/aromatic N) is 1. The Morgan fingerprint density at radius 1 is 1.20 bits per heavy atom. The van der Waals surface area contributed by atoms with E-state index in [1.165, 1.54) is 25.7 Å². The Morgan fingerprint density at radius 3 is 2.40 bits per heavy atom. The number of carbonyl (C=O) groups excluding carboxylic acids is 2. The van der Waals surface area contributed by atoms with Crippen LogP contribution in [0.5, 0.6) is 0 Å². The van der Waals surface area contributed by atoms with Gasteiger partial charge in [-0.1, -0.05) is 26.7 Å². The predicted molar refractivity (Wildman–Crippen MR) is 79.5 cm³/mol. The Balaban J connectivity index is 2.39. The molecule has 0 spiro atoms. The summed E-state index contributed by atoms with van der Waals surface area (Å²) in [6.45, 7) is 7.99. The van der Waals surface area contributed by atoms with Crippen LogP contribution in [0, 0.1) is 5.92 Å². The van der Waals surface area contributed by atoms with Gasteiger partial charge in [0.25, 0.3) is 0 Å². The number of hydrogen-bond donors (Lipinski definition) is 0. The standard InChI is InChI=1S/C16H29NO3/c1-4-20-16(19)10-9-15(18)12-17(11-13(2)3)14-7-5-6-8-14/h13-14H,4-12H2,1-3H3. The smallest absolute Gasteiger partial charge is 0.306 e. The number of rotatable bonds is 9. The molecule has 1 fully saturated rings. The summed E-state index contributed by atoms with van der Waals surface area (Å²) < 4.78 is 4.86. The minimum absolute atomic E-state index is 0.158. The van der Waals surface area contributed by atoms with Crippen LogP contribution in [-0.4, -0.2) is 42.4 Å². The zero-order chi connectivity index (χ0) is 15.0. The Labute approximate surface area is 122 Å². The fraction of sp³-hybridized carbons (Fsp3) is 0.875. The second-order valence-corrected chi connectivity index (χ2v) is 6.11. The van der Waals surface area contributed by atoms with Crippen LogP contribution in [0.15, 0.2) is 0 Å². The van der Waals surface area contributed by atoms with Crippen LogP contribution in [0.2, 0.25) is 0 Å². The van der Waals surface area contributed by atoms with E-state index in [0.29, 0.717) is 31.5 Å². The van der Waals surface area contributed by atoms with Crippen molar-refractivity contribution < 1.29 is 14.3 Å². The van der Waals surface area contributed by atoms with Crippen LogP contribution in [-0.2, 0) is 14.3 Å². The van der Waals surface area contributed by atoms with Gasteiger partial charge >= 0.3 is 5.97 Å². The molecule has 0 heterocycles. The lowest BCUT2D eigenvalue weighted by Gasteiger charge is -2.29. The van der Waals surface area contributed by atoms with Gasteiger partial charge in [0.2, 0.25) is 0 Å². The average Bonchev–Trinajstić information content (AvgIpc) is 2.89. The highest BCUT2D eigenvalue weighted by Crippen LogP contribution is 2.24. The third-order valence-electron chi connectivity index (χ3n) is 3.73. The van der Waals surface area contributed by atoms with E-state index < -0.39 is 0 Å². The maximum Gasteiger partial charge on any atom is 0.306 e. The first-order valence-corrected chi connectivity index (χ1v) is 7.94. The number of hydrogen-bond acceptors (Lipinski definition) is 4. The fourth-order valence-corrected chi connectivity index (χ4v) is 2.86. The molecule has 0 aromatic heterocycles. The summed E-state index contributed by atoms with van der Waals surface area (Å²) in [6.07, 6.45) is 5.48. The Hall–Kier alpha value is -0.900. The van der Waals surface area contributed by atoms with E-state index in [-0.39, 0.29) is 18.2 Å². The molecule has 0 radical (unpaired) electrons. The van der Waals surface area contributed by atoms with E-state index in [1.807, 2.05) is 0 Å². The summed E-state index contributed by atoms with van der Waals surface area (Å²) in [5, 5.41) is 0. The first-order chi connectivity index (χ1) is 9.52. The van der Waals surface area contributed by atoms with Crippen molar-refractivity contribution in [1.82, 2.24) is 4.90 Å². The van der Waals surface area contributed by atoms with E-state index in [2.05, 4.69) is 18.7 Å². The van der Waals surface area contributed by atoms with Crippen molar-refractivity contribution in [2.24, 2.45) is 5.92 Å². The molecule has 0 aliphatic heterocycles. The van der Waals surface area contributed by atoms with Gasteiger partial charge in [-0.2, -0.15) is 0 Å². The summed E-state index contributed by atoms with van der Waals surface area (Å²) in [5.74, 6) is 0.455. The lowest BCUT2D eigenvalue weighted by molar-refractivity contribution is -0.144. The second-order valence-electron chi connectivity index (χ2n) is 6.11. The molecule has 20 heavy (non-hydrogen) atoms. The molecule has 0 saturated heterocycles. The lowest BCUT2D eigenvalue weighted by Crippen LogP contribution is -2.40. The Bertz CT molecular complexity index is 309. The van der Waals surface area contributed by atoms with Crippen LogP contribution in [0.3, 0.4) is 0 Å². The maximum absolute atomic E-state index is 12.1. The molecule has 4 heteroatoms. The van der Waals surface area contributed by atoms with Gasteiger partial charge < -0.3 is 4.74 Å². The van der Waals surface area contributed by atoms with Crippen molar-refractivity contribution >= 4 is 11.8 Å². The molecule has 1 saturated carbocycles. The molecule has 0 aromatic carbocycles. The zero-order valence-corrected chi connectivity index (χ0v) is 13.2. The van der Waals surface area contributed by atoms with Crippen LogP contribution < -0.4 is 0 Å². The van der Waals surface area contributed by atoms with Crippen LogP contribution in [0.25, 0.3) is 0 Å². The fourth-order valence-electron chi connectivity index (χ4n) is 2.86. The van der Waals surface area contributed by atoms with Crippen LogP contribution in [0.4, 0.5) is 0 Å². The predicted octanol–water partition coefficient (Wildman–Crippen LogP) is 2.80. The molecule has 1 rings (SSSR count). The van der Waals surface area contributed by atoms with Crippen molar-refractivity contribution in [2.45, 2.75) is 65.3 Å². The molecule has 1 aliphatic rings. The molecule has 116 valence electrons. The van der Waals surface area contributed by atoms with Gasteiger partial charge in [-0.15, -0.1) is 0 Å². The van der Waals surface area contributed by atoms with E-state index in [0.717, 1.165) is 6.54 Å². The molecule has 0 aromatic rings. The van der Waals surface area contributed by atoms with Gasteiger partial charge in [-0.05, 0) is 25.7 Å². The zero-order valence-electron chi connectivity index (χ0n) is 13.2. The summed E-state index contributed by atoms with van der Waals surface area (Å²) in [5.41, 5.74) is 0. The molecule has 0 unspecified atom stereocenters. The Kier molecular flexibility index (Phi) is 7.82. The molecule has 4 nitrogen and oxygen atoms in total. The van der Waals surface area contributed by atoms with E-state index in [9.17, 15) is 9.59 Å². The van der Waals surface area contributed by atoms with E-state index in [1.54, 1.807) is 6.92 Å². The molecule has 0 N–H and O–H groups in total. The van der Waals surface area contributed by atoms with Crippen molar-refractivity contribution in [3.63, 3.8) is 0 Å². The first-order valence-electron chi connectivity index (χ1n) is 7.94. The van der Waals surface area contributed by atoms with Gasteiger partial charge in [-0.3, -0.25) is 14.5 Å². The average molecular weight is 283 g/mol. The van der Waals surface area contributed by atoms with Crippen molar-refractivity contribution in [1.29, 1.82) is 0 Å².